The average molecular weight is 202 g/mol. The van der Waals surface area contributed by atoms with Crippen LogP contribution in [0.5, 0.6) is 0 Å². The van der Waals surface area contributed by atoms with E-state index in [2.05, 4.69) is 5.32 Å². The minimum atomic E-state index is -0.235. The van der Waals surface area contributed by atoms with E-state index in [4.69, 9.17) is 11.6 Å². The Kier molecular flexibility index (Phi) is 3.28. The van der Waals surface area contributed by atoms with Gasteiger partial charge in [-0.2, -0.15) is 0 Å². The van der Waals surface area contributed by atoms with E-state index >= 15 is 0 Å². The van der Waals surface area contributed by atoms with Crippen LogP contribution >= 0.6 is 11.6 Å². The number of nitrogens with one attached hydrogen (secondary N) is 1. The molecule has 1 nitrogen and oxygen atoms in total. The molecule has 1 rings (SSSR count). The maximum atomic E-state index is 13.2. The molecule has 0 aliphatic rings. The molecule has 72 valence electrons. The molecule has 0 radical (unpaired) electrons. The second kappa shape index (κ2) is 4.07. The maximum absolute atomic E-state index is 13.2. The van der Waals surface area contributed by atoms with Crippen LogP contribution in [0, 0.1) is 19.7 Å². The SMILES string of the molecule is CNCc1cc(F)c(C)c(Cl)c1C. The van der Waals surface area contributed by atoms with Crippen LogP contribution in [0.1, 0.15) is 16.7 Å². The summed E-state index contributed by atoms with van der Waals surface area (Å²) in [5, 5.41) is 3.51. The molecule has 0 bridgehead atoms. The first-order valence-corrected chi connectivity index (χ1v) is 4.54. The number of hydrogen-bond acceptors (Lipinski definition) is 1. The molecule has 0 aromatic heterocycles. The molecular formula is C10H13ClFN. The Morgan fingerprint density at radius 1 is 1.38 bits per heavy atom. The zero-order valence-corrected chi connectivity index (χ0v) is 8.80. The summed E-state index contributed by atoms with van der Waals surface area (Å²) in [7, 11) is 1.82. The van der Waals surface area contributed by atoms with Crippen molar-refractivity contribution in [3.05, 3.63) is 33.6 Å². The van der Waals surface area contributed by atoms with Gasteiger partial charge in [-0.05, 0) is 38.1 Å². The fourth-order valence-electron chi connectivity index (χ4n) is 1.27. The molecular weight excluding hydrogens is 189 g/mol. The van der Waals surface area contributed by atoms with E-state index in [9.17, 15) is 4.39 Å². The second-order valence-corrected chi connectivity index (χ2v) is 3.49. The molecule has 0 fully saturated rings. The highest BCUT2D eigenvalue weighted by atomic mass is 35.5. The number of rotatable bonds is 2. The Bertz CT molecular complexity index is 323. The van der Waals surface area contributed by atoms with E-state index in [1.165, 1.54) is 6.07 Å². The Morgan fingerprint density at radius 3 is 2.54 bits per heavy atom. The van der Waals surface area contributed by atoms with Gasteiger partial charge in [0.2, 0.25) is 0 Å². The molecule has 0 heterocycles. The van der Waals surface area contributed by atoms with Crippen LogP contribution in [-0.4, -0.2) is 7.05 Å². The van der Waals surface area contributed by atoms with Gasteiger partial charge in [0.1, 0.15) is 5.82 Å². The first-order chi connectivity index (χ1) is 6.07. The lowest BCUT2D eigenvalue weighted by molar-refractivity contribution is 0.613. The Labute approximate surface area is 82.9 Å². The van der Waals surface area contributed by atoms with Gasteiger partial charge in [-0.25, -0.2) is 4.39 Å². The average Bonchev–Trinajstić information content (AvgIpc) is 2.11. The van der Waals surface area contributed by atoms with Crippen molar-refractivity contribution >= 4 is 11.6 Å². The first-order valence-electron chi connectivity index (χ1n) is 4.16. The number of hydrogen-bond donors (Lipinski definition) is 1. The number of benzene rings is 1. The third-order valence-electron chi connectivity index (χ3n) is 2.17. The van der Waals surface area contributed by atoms with E-state index in [-0.39, 0.29) is 5.82 Å². The van der Waals surface area contributed by atoms with E-state index in [1.54, 1.807) is 6.92 Å². The van der Waals surface area contributed by atoms with Gasteiger partial charge < -0.3 is 5.32 Å². The lowest BCUT2D eigenvalue weighted by Gasteiger charge is -2.10. The highest BCUT2D eigenvalue weighted by Gasteiger charge is 2.09. The monoisotopic (exact) mass is 201 g/mol. The zero-order chi connectivity index (χ0) is 10.0. The molecule has 0 saturated carbocycles. The predicted molar refractivity (Wildman–Crippen MR) is 53.6 cm³/mol. The van der Waals surface area contributed by atoms with Crippen molar-refractivity contribution in [2.75, 3.05) is 7.05 Å². The van der Waals surface area contributed by atoms with E-state index in [0.717, 1.165) is 11.1 Å². The van der Waals surface area contributed by atoms with Crippen LogP contribution in [-0.2, 0) is 6.54 Å². The van der Waals surface area contributed by atoms with Crippen LogP contribution in [0.4, 0.5) is 4.39 Å². The second-order valence-electron chi connectivity index (χ2n) is 3.11. The van der Waals surface area contributed by atoms with E-state index < -0.39 is 0 Å². The van der Waals surface area contributed by atoms with Crippen molar-refractivity contribution in [2.45, 2.75) is 20.4 Å². The molecule has 1 N–H and O–H groups in total. The highest BCUT2D eigenvalue weighted by Crippen LogP contribution is 2.25. The summed E-state index contributed by atoms with van der Waals surface area (Å²) in [5.41, 5.74) is 2.39. The molecule has 13 heavy (non-hydrogen) atoms. The lowest BCUT2D eigenvalue weighted by Crippen LogP contribution is -2.08. The predicted octanol–water partition coefficient (Wildman–Crippen LogP) is 2.82. The van der Waals surface area contributed by atoms with Gasteiger partial charge in [0.15, 0.2) is 0 Å². The van der Waals surface area contributed by atoms with Gasteiger partial charge in [-0.1, -0.05) is 11.6 Å². The molecule has 0 atom stereocenters. The van der Waals surface area contributed by atoms with Crippen molar-refractivity contribution in [1.82, 2.24) is 5.32 Å². The van der Waals surface area contributed by atoms with Gasteiger partial charge in [0.05, 0.1) is 0 Å². The minimum absolute atomic E-state index is 0.235. The molecule has 0 spiro atoms. The fourth-order valence-corrected chi connectivity index (χ4v) is 1.48. The van der Waals surface area contributed by atoms with Crippen LogP contribution in [0.25, 0.3) is 0 Å². The summed E-state index contributed by atoms with van der Waals surface area (Å²) < 4.78 is 13.2. The lowest BCUT2D eigenvalue weighted by atomic mass is 10.0. The smallest absolute Gasteiger partial charge is 0.127 e. The van der Waals surface area contributed by atoms with Gasteiger partial charge in [0, 0.05) is 17.1 Å². The molecule has 0 amide bonds. The minimum Gasteiger partial charge on any atom is -0.316 e. The third-order valence-corrected chi connectivity index (χ3v) is 2.73. The van der Waals surface area contributed by atoms with Gasteiger partial charge in [0.25, 0.3) is 0 Å². The summed E-state index contributed by atoms with van der Waals surface area (Å²) in [6.45, 7) is 4.23. The zero-order valence-electron chi connectivity index (χ0n) is 8.04. The summed E-state index contributed by atoms with van der Waals surface area (Å²) in [4.78, 5) is 0. The van der Waals surface area contributed by atoms with Gasteiger partial charge in [-0.15, -0.1) is 0 Å². The topological polar surface area (TPSA) is 12.0 Å². The first kappa shape index (κ1) is 10.5. The summed E-state index contributed by atoms with van der Waals surface area (Å²) in [6.07, 6.45) is 0. The van der Waals surface area contributed by atoms with Crippen molar-refractivity contribution < 1.29 is 4.39 Å². The number of halogens is 2. The molecule has 0 aliphatic heterocycles. The van der Waals surface area contributed by atoms with E-state index in [0.29, 0.717) is 17.1 Å². The van der Waals surface area contributed by atoms with Crippen molar-refractivity contribution in [2.24, 2.45) is 0 Å². The normalized spacial score (nSPS) is 10.5. The molecule has 0 unspecified atom stereocenters. The fraction of sp³-hybridized carbons (Fsp3) is 0.400. The van der Waals surface area contributed by atoms with Crippen LogP contribution in [0.15, 0.2) is 6.07 Å². The Morgan fingerprint density at radius 2 is 2.00 bits per heavy atom. The summed E-state index contributed by atoms with van der Waals surface area (Å²) in [5.74, 6) is -0.235. The van der Waals surface area contributed by atoms with Crippen molar-refractivity contribution in [1.29, 1.82) is 0 Å². The molecule has 0 saturated heterocycles. The summed E-state index contributed by atoms with van der Waals surface area (Å²) >= 11 is 5.96. The molecule has 1 aromatic carbocycles. The van der Waals surface area contributed by atoms with Crippen LogP contribution in [0.2, 0.25) is 5.02 Å². The van der Waals surface area contributed by atoms with Crippen LogP contribution < -0.4 is 5.32 Å². The largest absolute Gasteiger partial charge is 0.316 e. The Hall–Kier alpha value is -0.600. The standard InChI is InChI=1S/C10H13ClFN/c1-6-8(5-13-3)4-9(12)7(2)10(6)11/h4,13H,5H2,1-3H3. The van der Waals surface area contributed by atoms with Gasteiger partial charge in [-0.3, -0.25) is 0 Å². The quantitative estimate of drug-likeness (QED) is 0.776. The van der Waals surface area contributed by atoms with E-state index in [1.807, 2.05) is 14.0 Å². The Balaban J connectivity index is 3.24. The van der Waals surface area contributed by atoms with Crippen molar-refractivity contribution in [3.8, 4) is 0 Å². The molecule has 0 aliphatic carbocycles. The highest BCUT2D eigenvalue weighted by molar-refractivity contribution is 6.32. The van der Waals surface area contributed by atoms with Gasteiger partial charge >= 0.3 is 0 Å². The maximum Gasteiger partial charge on any atom is 0.127 e. The van der Waals surface area contributed by atoms with Crippen molar-refractivity contribution in [3.63, 3.8) is 0 Å². The molecule has 3 heteroatoms. The summed E-state index contributed by atoms with van der Waals surface area (Å²) in [6, 6.07) is 1.53. The third kappa shape index (κ3) is 2.01. The molecule has 1 aromatic rings. The van der Waals surface area contributed by atoms with Crippen LogP contribution in [0.3, 0.4) is 0 Å².